The summed E-state index contributed by atoms with van der Waals surface area (Å²) in [6, 6.07) is 0. The highest BCUT2D eigenvalue weighted by Crippen LogP contribution is 2.16. The first-order valence-corrected chi connectivity index (χ1v) is 7.73. The highest BCUT2D eigenvalue weighted by molar-refractivity contribution is 7.17. The third-order valence-electron chi connectivity index (χ3n) is 3.20. The van der Waals surface area contributed by atoms with Crippen LogP contribution in [0.4, 0.5) is 0 Å². The van der Waals surface area contributed by atoms with Gasteiger partial charge in [-0.15, -0.1) is 9.24 Å². The Morgan fingerprint density at radius 3 is 1.67 bits per heavy atom. The average molecular weight is 230 g/mol. The molecule has 0 aliphatic carbocycles. The third kappa shape index (κ3) is 12.4. The highest BCUT2D eigenvalue weighted by Gasteiger charge is 1.98. The zero-order valence-electron chi connectivity index (χ0n) is 10.9. The number of hydrogen-bond donors (Lipinski definition) is 0. The van der Waals surface area contributed by atoms with Crippen molar-refractivity contribution in [3.8, 4) is 0 Å². The van der Waals surface area contributed by atoms with Gasteiger partial charge in [-0.25, -0.2) is 0 Å². The lowest BCUT2D eigenvalue weighted by Gasteiger charge is -2.07. The van der Waals surface area contributed by atoms with Crippen molar-refractivity contribution >= 4 is 9.24 Å². The van der Waals surface area contributed by atoms with E-state index in [1.165, 1.54) is 70.6 Å². The third-order valence-corrected chi connectivity index (χ3v) is 4.01. The summed E-state index contributed by atoms with van der Waals surface area (Å²) in [5.41, 5.74) is 0.870. The number of rotatable bonds is 11. The van der Waals surface area contributed by atoms with Gasteiger partial charge in [0, 0.05) is 0 Å². The summed E-state index contributed by atoms with van der Waals surface area (Å²) in [6.07, 6.45) is 15.8. The normalized spacial score (nSPS) is 13.0. The van der Waals surface area contributed by atoms with E-state index >= 15 is 0 Å². The molecule has 0 aromatic carbocycles. The predicted molar refractivity (Wildman–Crippen MR) is 75.6 cm³/mol. The second-order valence-electron chi connectivity index (χ2n) is 4.79. The maximum absolute atomic E-state index is 2.96. The minimum Gasteiger partial charge on any atom is -0.134 e. The van der Waals surface area contributed by atoms with Gasteiger partial charge in [-0.05, 0) is 18.5 Å². The van der Waals surface area contributed by atoms with E-state index in [1.807, 2.05) is 0 Å². The van der Waals surface area contributed by atoms with E-state index in [0.29, 0.717) is 0 Å². The molecule has 0 radical (unpaired) electrons. The molecule has 0 spiro atoms. The van der Waals surface area contributed by atoms with Crippen LogP contribution >= 0.6 is 9.24 Å². The zero-order valence-corrected chi connectivity index (χ0v) is 12.1. The first-order valence-electron chi connectivity index (χ1n) is 7.06. The Morgan fingerprint density at radius 2 is 1.20 bits per heavy atom. The Kier molecular flexibility index (Phi) is 12.9. The second-order valence-corrected chi connectivity index (χ2v) is 5.73. The minimum atomic E-state index is 0.870. The topological polar surface area (TPSA) is 0 Å². The van der Waals surface area contributed by atoms with Crippen LogP contribution in [0.5, 0.6) is 0 Å². The van der Waals surface area contributed by atoms with Crippen molar-refractivity contribution in [3.63, 3.8) is 0 Å². The van der Waals surface area contributed by atoms with E-state index < -0.39 is 0 Å². The number of unbranched alkanes of at least 4 members (excludes halogenated alkanes) is 8. The van der Waals surface area contributed by atoms with Crippen molar-refractivity contribution in [1.29, 1.82) is 0 Å². The van der Waals surface area contributed by atoms with Crippen molar-refractivity contribution in [3.05, 3.63) is 0 Å². The van der Waals surface area contributed by atoms with Gasteiger partial charge in [-0.3, -0.25) is 0 Å². The first-order chi connectivity index (χ1) is 7.31. The summed E-state index contributed by atoms with van der Waals surface area (Å²) in [5.74, 6) is 0. The van der Waals surface area contributed by atoms with E-state index in [1.54, 1.807) is 0 Å². The molecular formula is C14H31P. The van der Waals surface area contributed by atoms with Crippen molar-refractivity contribution in [2.24, 2.45) is 0 Å². The molecule has 15 heavy (non-hydrogen) atoms. The summed E-state index contributed by atoms with van der Waals surface area (Å²) in [4.78, 5) is 0. The molecule has 0 bridgehead atoms. The van der Waals surface area contributed by atoms with Crippen LogP contribution in [-0.4, -0.2) is 5.66 Å². The van der Waals surface area contributed by atoms with E-state index in [9.17, 15) is 0 Å². The summed E-state index contributed by atoms with van der Waals surface area (Å²) in [5, 5.41) is 0. The first kappa shape index (κ1) is 15.4. The fraction of sp³-hybridized carbons (Fsp3) is 1.00. The maximum Gasteiger partial charge on any atom is -0.0267 e. The smallest absolute Gasteiger partial charge is 0.0267 e. The van der Waals surface area contributed by atoms with Gasteiger partial charge in [-0.1, -0.05) is 71.6 Å². The van der Waals surface area contributed by atoms with E-state index in [2.05, 4.69) is 23.1 Å². The Morgan fingerprint density at radius 1 is 0.733 bits per heavy atom. The van der Waals surface area contributed by atoms with Gasteiger partial charge in [0.15, 0.2) is 0 Å². The summed E-state index contributed by atoms with van der Waals surface area (Å²) in [7, 11) is 2.96. The lowest BCUT2D eigenvalue weighted by Crippen LogP contribution is -1.94. The molecule has 0 saturated carbocycles. The zero-order chi connectivity index (χ0) is 11.4. The molecule has 0 N–H and O–H groups in total. The minimum absolute atomic E-state index is 0.870. The van der Waals surface area contributed by atoms with Crippen molar-refractivity contribution in [2.45, 2.75) is 90.1 Å². The molecule has 0 aromatic rings. The van der Waals surface area contributed by atoms with E-state index in [-0.39, 0.29) is 0 Å². The molecule has 0 aliphatic rings. The van der Waals surface area contributed by atoms with Crippen LogP contribution in [0.25, 0.3) is 0 Å². The molecule has 0 aromatic heterocycles. The Hall–Kier alpha value is 0.430. The number of hydrogen-bond acceptors (Lipinski definition) is 0. The van der Waals surface area contributed by atoms with Gasteiger partial charge < -0.3 is 0 Å². The highest BCUT2D eigenvalue weighted by atomic mass is 31.0. The van der Waals surface area contributed by atoms with Crippen molar-refractivity contribution in [1.82, 2.24) is 0 Å². The largest absolute Gasteiger partial charge is 0.134 e. The monoisotopic (exact) mass is 230 g/mol. The maximum atomic E-state index is 2.96. The molecule has 0 heterocycles. The van der Waals surface area contributed by atoms with Gasteiger partial charge in [-0.2, -0.15) is 0 Å². The molecule has 2 atom stereocenters. The molecule has 2 unspecified atom stereocenters. The quantitative estimate of drug-likeness (QED) is 0.322. The average Bonchev–Trinajstić information content (AvgIpc) is 2.26. The van der Waals surface area contributed by atoms with Crippen LogP contribution in [0.2, 0.25) is 0 Å². The van der Waals surface area contributed by atoms with Crippen LogP contribution in [0, 0.1) is 0 Å². The molecule has 0 aliphatic heterocycles. The van der Waals surface area contributed by atoms with E-state index in [0.717, 1.165) is 5.66 Å². The fourth-order valence-electron chi connectivity index (χ4n) is 1.92. The van der Waals surface area contributed by atoms with Gasteiger partial charge >= 0.3 is 0 Å². The van der Waals surface area contributed by atoms with Gasteiger partial charge in [0.05, 0.1) is 0 Å². The summed E-state index contributed by atoms with van der Waals surface area (Å²) < 4.78 is 0. The molecule has 0 rings (SSSR count). The Balaban J connectivity index is 2.92. The van der Waals surface area contributed by atoms with Crippen LogP contribution < -0.4 is 0 Å². The van der Waals surface area contributed by atoms with Crippen molar-refractivity contribution < 1.29 is 0 Å². The fourth-order valence-corrected chi connectivity index (χ4v) is 2.16. The van der Waals surface area contributed by atoms with Crippen molar-refractivity contribution in [2.75, 3.05) is 0 Å². The Bertz CT molecular complexity index is 112. The molecule has 92 valence electrons. The molecule has 1 heteroatoms. The van der Waals surface area contributed by atoms with Gasteiger partial charge in [0.25, 0.3) is 0 Å². The lowest BCUT2D eigenvalue weighted by molar-refractivity contribution is 0.551. The molecule has 0 nitrogen and oxygen atoms in total. The van der Waals surface area contributed by atoms with Gasteiger partial charge in [0.1, 0.15) is 0 Å². The van der Waals surface area contributed by atoms with Crippen LogP contribution in [0.15, 0.2) is 0 Å². The predicted octanol–water partition coefficient (Wildman–Crippen LogP) is 5.56. The molecule has 0 saturated heterocycles. The van der Waals surface area contributed by atoms with Crippen LogP contribution in [0.1, 0.15) is 84.5 Å². The second kappa shape index (κ2) is 12.5. The standard InChI is InChI=1S/C14H31P/c1-3-5-6-7-8-9-10-11-12-13-14(15)4-2/h14H,3-13,15H2,1-2H3. The Labute approximate surface area is 99.8 Å². The molecule has 0 amide bonds. The SMILES string of the molecule is CCCCCCCCCCCC(P)CC. The van der Waals surface area contributed by atoms with Crippen LogP contribution in [0.3, 0.4) is 0 Å². The summed E-state index contributed by atoms with van der Waals surface area (Å²) in [6.45, 7) is 4.57. The molecule has 0 fully saturated rings. The lowest BCUT2D eigenvalue weighted by atomic mass is 10.1. The van der Waals surface area contributed by atoms with E-state index in [4.69, 9.17) is 0 Å². The molecular weight excluding hydrogens is 199 g/mol. The summed E-state index contributed by atoms with van der Waals surface area (Å²) >= 11 is 0. The van der Waals surface area contributed by atoms with Crippen LogP contribution in [-0.2, 0) is 0 Å². The van der Waals surface area contributed by atoms with Gasteiger partial charge in [0.2, 0.25) is 0 Å².